The van der Waals surface area contributed by atoms with Crippen LogP contribution in [-0.2, 0) is 0 Å². The summed E-state index contributed by atoms with van der Waals surface area (Å²) in [4.78, 5) is 8.49. The number of H-pyrrole nitrogens is 1. The Balaban J connectivity index is 2.00. The minimum atomic E-state index is 0.676. The predicted molar refractivity (Wildman–Crippen MR) is 68.8 cm³/mol. The van der Waals surface area contributed by atoms with Crippen molar-refractivity contribution in [1.29, 1.82) is 0 Å². The molecule has 0 bridgehead atoms. The maximum Gasteiger partial charge on any atom is 0.187 e. The largest absolute Gasteiger partial charge is 0.278 e. The van der Waals surface area contributed by atoms with Crippen molar-refractivity contribution >= 4 is 22.1 Å². The van der Waals surface area contributed by atoms with E-state index in [1.807, 2.05) is 25.1 Å². The summed E-state index contributed by atoms with van der Waals surface area (Å²) in [6.07, 6.45) is 3.46. The normalized spacial score (nSPS) is 11.4. The molecule has 7 heteroatoms. The summed E-state index contributed by atoms with van der Waals surface area (Å²) < 4.78 is 1.70. The summed E-state index contributed by atoms with van der Waals surface area (Å²) in [6, 6.07) is 5.91. The highest BCUT2D eigenvalue weighted by molar-refractivity contribution is 5.81. The van der Waals surface area contributed by atoms with Crippen molar-refractivity contribution < 1.29 is 0 Å². The van der Waals surface area contributed by atoms with Crippen LogP contribution in [-0.4, -0.2) is 35.2 Å². The second-order valence-electron chi connectivity index (χ2n) is 4.27. The van der Waals surface area contributed by atoms with Crippen LogP contribution in [0.15, 0.2) is 30.6 Å². The van der Waals surface area contributed by atoms with Gasteiger partial charge in [-0.05, 0) is 25.1 Å². The van der Waals surface area contributed by atoms with Crippen LogP contribution in [0.5, 0.6) is 0 Å². The Kier molecular flexibility index (Phi) is 1.91. The summed E-state index contributed by atoms with van der Waals surface area (Å²) in [7, 11) is 0. The van der Waals surface area contributed by atoms with E-state index in [0.717, 1.165) is 16.6 Å². The fourth-order valence-corrected chi connectivity index (χ4v) is 2.04. The SMILES string of the molecule is Cc1ncc2nnn(-c3ccc4cn[nH]c4c3)c2n1. The highest BCUT2D eigenvalue weighted by atomic mass is 15.4. The number of aromatic nitrogens is 7. The van der Waals surface area contributed by atoms with Crippen molar-refractivity contribution in [2.75, 3.05) is 0 Å². The van der Waals surface area contributed by atoms with Crippen molar-refractivity contribution in [3.8, 4) is 5.69 Å². The van der Waals surface area contributed by atoms with Crippen LogP contribution >= 0.6 is 0 Å². The van der Waals surface area contributed by atoms with E-state index in [4.69, 9.17) is 0 Å². The third-order valence-corrected chi connectivity index (χ3v) is 2.98. The molecular weight excluding hydrogens is 242 g/mol. The lowest BCUT2D eigenvalue weighted by Gasteiger charge is -2.01. The first kappa shape index (κ1) is 10.1. The van der Waals surface area contributed by atoms with E-state index < -0.39 is 0 Å². The zero-order valence-corrected chi connectivity index (χ0v) is 10.1. The van der Waals surface area contributed by atoms with Crippen molar-refractivity contribution in [1.82, 2.24) is 35.2 Å². The zero-order valence-electron chi connectivity index (χ0n) is 10.1. The van der Waals surface area contributed by atoms with Crippen molar-refractivity contribution in [3.63, 3.8) is 0 Å². The lowest BCUT2D eigenvalue weighted by Crippen LogP contribution is -1.99. The smallest absolute Gasteiger partial charge is 0.187 e. The molecule has 0 unspecified atom stereocenters. The van der Waals surface area contributed by atoms with Gasteiger partial charge in [-0.3, -0.25) is 5.10 Å². The Hall–Kier alpha value is -2.83. The number of aryl methyl sites for hydroxylation is 1. The third-order valence-electron chi connectivity index (χ3n) is 2.98. The molecule has 19 heavy (non-hydrogen) atoms. The molecule has 0 fully saturated rings. The second-order valence-corrected chi connectivity index (χ2v) is 4.27. The first-order valence-corrected chi connectivity index (χ1v) is 5.80. The molecule has 92 valence electrons. The fraction of sp³-hybridized carbons (Fsp3) is 0.0833. The van der Waals surface area contributed by atoms with E-state index in [1.54, 1.807) is 17.1 Å². The minimum Gasteiger partial charge on any atom is -0.278 e. The molecule has 4 aromatic rings. The molecule has 3 heterocycles. The van der Waals surface area contributed by atoms with E-state index in [9.17, 15) is 0 Å². The maximum atomic E-state index is 4.38. The standard InChI is InChI=1S/C12H9N7/c1-7-13-6-11-12(15-7)19(18-17-11)9-3-2-8-5-14-16-10(8)4-9/h2-6H,1H3,(H,14,16). The molecule has 1 N–H and O–H groups in total. The van der Waals surface area contributed by atoms with Crippen LogP contribution in [0, 0.1) is 6.92 Å². The van der Waals surface area contributed by atoms with Crippen LogP contribution in [0.4, 0.5) is 0 Å². The van der Waals surface area contributed by atoms with E-state index >= 15 is 0 Å². The molecule has 0 amide bonds. The van der Waals surface area contributed by atoms with Gasteiger partial charge in [0.15, 0.2) is 11.2 Å². The average molecular weight is 251 g/mol. The maximum absolute atomic E-state index is 4.38. The van der Waals surface area contributed by atoms with Gasteiger partial charge in [0.1, 0.15) is 5.82 Å². The number of aromatic amines is 1. The van der Waals surface area contributed by atoms with E-state index in [1.165, 1.54) is 0 Å². The summed E-state index contributed by atoms with van der Waals surface area (Å²) in [5, 5.41) is 16.2. The van der Waals surface area contributed by atoms with Gasteiger partial charge in [0.05, 0.1) is 23.6 Å². The second kappa shape index (κ2) is 3.58. The van der Waals surface area contributed by atoms with Crippen molar-refractivity contribution in [2.24, 2.45) is 0 Å². The summed E-state index contributed by atoms with van der Waals surface area (Å²) in [5.41, 5.74) is 3.21. The Labute approximate surface area is 107 Å². The van der Waals surface area contributed by atoms with E-state index in [0.29, 0.717) is 17.0 Å². The highest BCUT2D eigenvalue weighted by Gasteiger charge is 2.09. The zero-order chi connectivity index (χ0) is 12.8. The average Bonchev–Trinajstić information content (AvgIpc) is 3.03. The molecular formula is C12H9N7. The molecule has 4 rings (SSSR count). The molecule has 0 aliphatic heterocycles. The molecule has 0 radical (unpaired) electrons. The summed E-state index contributed by atoms with van der Waals surface area (Å²) in [5.74, 6) is 0.693. The van der Waals surface area contributed by atoms with Gasteiger partial charge in [-0.1, -0.05) is 5.21 Å². The first-order chi connectivity index (χ1) is 9.31. The van der Waals surface area contributed by atoms with Crippen LogP contribution in [0.2, 0.25) is 0 Å². The molecule has 7 nitrogen and oxygen atoms in total. The predicted octanol–water partition coefficient (Wildman–Crippen LogP) is 1.40. The van der Waals surface area contributed by atoms with Gasteiger partial charge in [-0.25, -0.2) is 9.97 Å². The van der Waals surface area contributed by atoms with E-state index in [-0.39, 0.29) is 0 Å². The molecule has 1 aromatic carbocycles. The molecule has 0 atom stereocenters. The molecule has 3 aromatic heterocycles. The monoisotopic (exact) mass is 251 g/mol. The Morgan fingerprint density at radius 1 is 1.21 bits per heavy atom. The lowest BCUT2D eigenvalue weighted by atomic mass is 10.2. The Bertz CT molecular complexity index is 889. The van der Waals surface area contributed by atoms with Crippen LogP contribution in [0.25, 0.3) is 27.8 Å². The number of benzene rings is 1. The summed E-state index contributed by atoms with van der Waals surface area (Å²) >= 11 is 0. The molecule has 0 aliphatic rings. The Morgan fingerprint density at radius 3 is 3.11 bits per heavy atom. The third kappa shape index (κ3) is 1.48. The van der Waals surface area contributed by atoms with Crippen LogP contribution in [0.3, 0.4) is 0 Å². The Morgan fingerprint density at radius 2 is 2.16 bits per heavy atom. The number of hydrogen-bond acceptors (Lipinski definition) is 5. The van der Waals surface area contributed by atoms with Crippen LogP contribution in [0.1, 0.15) is 5.82 Å². The van der Waals surface area contributed by atoms with E-state index in [2.05, 4.69) is 30.5 Å². The molecule has 0 saturated heterocycles. The number of nitrogens with one attached hydrogen (secondary N) is 1. The molecule has 0 saturated carbocycles. The number of nitrogens with zero attached hydrogens (tertiary/aromatic N) is 6. The van der Waals surface area contributed by atoms with Gasteiger partial charge in [0, 0.05) is 5.39 Å². The fourth-order valence-electron chi connectivity index (χ4n) is 2.04. The molecule has 0 aliphatic carbocycles. The highest BCUT2D eigenvalue weighted by Crippen LogP contribution is 2.18. The first-order valence-electron chi connectivity index (χ1n) is 5.80. The quantitative estimate of drug-likeness (QED) is 0.552. The number of fused-ring (bicyclic) bond motifs is 2. The number of rotatable bonds is 1. The van der Waals surface area contributed by atoms with Gasteiger partial charge in [-0.15, -0.1) is 5.10 Å². The molecule has 0 spiro atoms. The van der Waals surface area contributed by atoms with Crippen molar-refractivity contribution in [3.05, 3.63) is 36.4 Å². The summed E-state index contributed by atoms with van der Waals surface area (Å²) in [6.45, 7) is 1.84. The van der Waals surface area contributed by atoms with Crippen molar-refractivity contribution in [2.45, 2.75) is 6.92 Å². The minimum absolute atomic E-state index is 0.676. The topological polar surface area (TPSA) is 85.2 Å². The van der Waals surface area contributed by atoms with Crippen LogP contribution < -0.4 is 0 Å². The lowest BCUT2D eigenvalue weighted by molar-refractivity contribution is 0.816. The number of hydrogen-bond donors (Lipinski definition) is 1. The van der Waals surface area contributed by atoms with Gasteiger partial charge < -0.3 is 0 Å². The van der Waals surface area contributed by atoms with Gasteiger partial charge in [0.25, 0.3) is 0 Å². The van der Waals surface area contributed by atoms with Gasteiger partial charge in [-0.2, -0.15) is 9.78 Å². The van der Waals surface area contributed by atoms with Gasteiger partial charge in [0.2, 0.25) is 0 Å². The van der Waals surface area contributed by atoms with Gasteiger partial charge >= 0.3 is 0 Å².